The first-order valence-electron chi connectivity index (χ1n) is 4.38. The molecule has 1 aromatic carbocycles. The molecular formula is C11H9Cl2NO. The van der Waals surface area contributed by atoms with E-state index in [4.69, 9.17) is 28.5 Å². The molecule has 0 saturated heterocycles. The van der Waals surface area contributed by atoms with E-state index in [0.29, 0.717) is 15.6 Å². The second-order valence-corrected chi connectivity index (χ2v) is 4.10. The molecule has 0 radical (unpaired) electrons. The third-order valence-corrected chi connectivity index (χ3v) is 2.51. The number of hydrogen-bond donors (Lipinski definition) is 0. The zero-order valence-corrected chi connectivity index (χ0v) is 9.64. The highest BCUT2D eigenvalue weighted by molar-refractivity contribution is 6.34. The minimum Gasteiger partial charge on any atom is -0.299 e. The SMILES string of the molecule is CC(=O)C(CC#N)c1cc(Cl)cc(Cl)c1. The predicted octanol–water partition coefficient (Wildman–Crippen LogP) is 3.58. The van der Waals surface area contributed by atoms with Crippen LogP contribution in [0.5, 0.6) is 0 Å². The van der Waals surface area contributed by atoms with Gasteiger partial charge >= 0.3 is 0 Å². The fourth-order valence-electron chi connectivity index (χ4n) is 1.36. The van der Waals surface area contributed by atoms with Gasteiger partial charge in [-0.25, -0.2) is 0 Å². The van der Waals surface area contributed by atoms with Crippen molar-refractivity contribution in [2.24, 2.45) is 0 Å². The maximum Gasteiger partial charge on any atom is 0.138 e. The summed E-state index contributed by atoms with van der Waals surface area (Å²) in [6.07, 6.45) is 0.145. The lowest BCUT2D eigenvalue weighted by molar-refractivity contribution is -0.118. The lowest BCUT2D eigenvalue weighted by atomic mass is 9.93. The monoisotopic (exact) mass is 241 g/mol. The van der Waals surface area contributed by atoms with Gasteiger partial charge < -0.3 is 0 Å². The Balaban J connectivity index is 3.11. The smallest absolute Gasteiger partial charge is 0.138 e. The standard InChI is InChI=1S/C11H9Cl2NO/c1-7(15)11(2-3-14)8-4-9(12)6-10(13)5-8/h4-6,11H,2H2,1H3. The second-order valence-electron chi connectivity index (χ2n) is 3.23. The van der Waals surface area contributed by atoms with Crippen molar-refractivity contribution in [1.29, 1.82) is 5.26 Å². The van der Waals surface area contributed by atoms with Crippen LogP contribution in [-0.4, -0.2) is 5.78 Å². The highest BCUT2D eigenvalue weighted by Gasteiger charge is 2.17. The molecule has 0 heterocycles. The van der Waals surface area contributed by atoms with Crippen LogP contribution >= 0.6 is 23.2 Å². The molecule has 1 aromatic rings. The molecule has 1 atom stereocenters. The second kappa shape index (κ2) is 5.16. The third-order valence-electron chi connectivity index (χ3n) is 2.07. The molecule has 0 amide bonds. The van der Waals surface area contributed by atoms with Crippen LogP contribution in [0.1, 0.15) is 24.8 Å². The van der Waals surface area contributed by atoms with Gasteiger partial charge in [0.05, 0.1) is 12.0 Å². The summed E-state index contributed by atoms with van der Waals surface area (Å²) in [6, 6.07) is 6.90. The zero-order valence-electron chi connectivity index (χ0n) is 8.13. The number of nitriles is 1. The lowest BCUT2D eigenvalue weighted by Gasteiger charge is -2.11. The normalized spacial score (nSPS) is 11.9. The summed E-state index contributed by atoms with van der Waals surface area (Å²) >= 11 is 11.6. The molecule has 15 heavy (non-hydrogen) atoms. The summed E-state index contributed by atoms with van der Waals surface area (Å²) < 4.78 is 0. The summed E-state index contributed by atoms with van der Waals surface area (Å²) in [6.45, 7) is 1.46. The van der Waals surface area contributed by atoms with E-state index in [1.165, 1.54) is 6.92 Å². The van der Waals surface area contributed by atoms with E-state index < -0.39 is 5.92 Å². The fourth-order valence-corrected chi connectivity index (χ4v) is 1.91. The van der Waals surface area contributed by atoms with Crippen molar-refractivity contribution >= 4 is 29.0 Å². The largest absolute Gasteiger partial charge is 0.299 e. The zero-order chi connectivity index (χ0) is 11.4. The van der Waals surface area contributed by atoms with Crippen LogP contribution in [0, 0.1) is 11.3 Å². The Hall–Kier alpha value is -1.04. The quantitative estimate of drug-likeness (QED) is 0.812. The van der Waals surface area contributed by atoms with E-state index in [1.54, 1.807) is 18.2 Å². The fraction of sp³-hybridized carbons (Fsp3) is 0.273. The average Bonchev–Trinajstić information content (AvgIpc) is 2.11. The van der Waals surface area contributed by atoms with Crippen molar-refractivity contribution in [3.63, 3.8) is 0 Å². The van der Waals surface area contributed by atoms with Gasteiger partial charge in [0.1, 0.15) is 5.78 Å². The molecule has 0 aliphatic carbocycles. The first-order valence-corrected chi connectivity index (χ1v) is 5.13. The Labute approximate surface area is 98.4 Å². The first kappa shape index (κ1) is 12.0. The Kier molecular flexibility index (Phi) is 4.14. The van der Waals surface area contributed by atoms with Gasteiger partial charge in [0.2, 0.25) is 0 Å². The Morgan fingerprint density at radius 2 is 1.93 bits per heavy atom. The molecule has 0 fully saturated rings. The molecule has 2 nitrogen and oxygen atoms in total. The topological polar surface area (TPSA) is 40.9 Å². The Bertz CT molecular complexity index is 403. The van der Waals surface area contributed by atoms with Crippen molar-refractivity contribution in [2.75, 3.05) is 0 Å². The van der Waals surface area contributed by atoms with Crippen molar-refractivity contribution in [3.05, 3.63) is 33.8 Å². The number of benzene rings is 1. The number of halogens is 2. The van der Waals surface area contributed by atoms with E-state index in [-0.39, 0.29) is 12.2 Å². The number of rotatable bonds is 3. The lowest BCUT2D eigenvalue weighted by Crippen LogP contribution is -2.08. The molecule has 1 rings (SSSR count). The summed E-state index contributed by atoms with van der Waals surface area (Å²) in [5, 5.41) is 9.56. The first-order chi connectivity index (χ1) is 7.04. The molecule has 4 heteroatoms. The van der Waals surface area contributed by atoms with Gasteiger partial charge in [0, 0.05) is 16.5 Å². The Morgan fingerprint density at radius 1 is 1.40 bits per heavy atom. The molecule has 0 aliphatic rings. The minimum absolute atomic E-state index is 0.0603. The molecule has 0 bridgehead atoms. The van der Waals surface area contributed by atoms with Crippen molar-refractivity contribution < 1.29 is 4.79 Å². The summed E-state index contributed by atoms with van der Waals surface area (Å²) in [7, 11) is 0. The van der Waals surface area contributed by atoms with Crippen LogP contribution in [-0.2, 0) is 4.79 Å². The molecule has 0 aliphatic heterocycles. The van der Waals surface area contributed by atoms with Gasteiger partial charge in [-0.05, 0) is 30.7 Å². The molecular weight excluding hydrogens is 233 g/mol. The van der Waals surface area contributed by atoms with Crippen molar-refractivity contribution in [1.82, 2.24) is 0 Å². The van der Waals surface area contributed by atoms with Gasteiger partial charge in [-0.3, -0.25) is 4.79 Å². The molecule has 0 saturated carbocycles. The minimum atomic E-state index is -0.439. The van der Waals surface area contributed by atoms with Gasteiger partial charge in [0.25, 0.3) is 0 Å². The number of ketones is 1. The van der Waals surface area contributed by atoms with Gasteiger partial charge in [-0.15, -0.1) is 0 Å². The van der Waals surface area contributed by atoms with Crippen LogP contribution in [0.25, 0.3) is 0 Å². The summed E-state index contributed by atoms with van der Waals surface area (Å²) in [4.78, 5) is 11.3. The van der Waals surface area contributed by atoms with Crippen LogP contribution in [0.2, 0.25) is 10.0 Å². The number of nitrogens with zero attached hydrogens (tertiary/aromatic N) is 1. The van der Waals surface area contributed by atoms with E-state index in [1.807, 2.05) is 6.07 Å². The summed E-state index contributed by atoms with van der Waals surface area (Å²) in [5.41, 5.74) is 0.696. The van der Waals surface area contributed by atoms with Gasteiger partial charge in [-0.2, -0.15) is 5.26 Å². The van der Waals surface area contributed by atoms with E-state index in [0.717, 1.165) is 0 Å². The number of carbonyl (C=O) groups is 1. The maximum absolute atomic E-state index is 11.3. The van der Waals surface area contributed by atoms with Gasteiger partial charge in [-0.1, -0.05) is 23.2 Å². The van der Waals surface area contributed by atoms with E-state index in [9.17, 15) is 4.79 Å². The molecule has 0 spiro atoms. The Morgan fingerprint density at radius 3 is 2.33 bits per heavy atom. The van der Waals surface area contributed by atoms with Crippen molar-refractivity contribution in [2.45, 2.75) is 19.3 Å². The summed E-state index contributed by atoms with van der Waals surface area (Å²) in [5.74, 6) is -0.499. The van der Waals surface area contributed by atoms with Crippen LogP contribution < -0.4 is 0 Å². The molecule has 0 aromatic heterocycles. The third kappa shape index (κ3) is 3.23. The van der Waals surface area contributed by atoms with Gasteiger partial charge in [0.15, 0.2) is 0 Å². The molecule has 1 unspecified atom stereocenters. The maximum atomic E-state index is 11.3. The highest BCUT2D eigenvalue weighted by atomic mass is 35.5. The van der Waals surface area contributed by atoms with E-state index >= 15 is 0 Å². The molecule has 78 valence electrons. The average molecular weight is 242 g/mol. The number of carbonyl (C=O) groups excluding carboxylic acids is 1. The van der Waals surface area contributed by atoms with E-state index in [2.05, 4.69) is 0 Å². The highest BCUT2D eigenvalue weighted by Crippen LogP contribution is 2.27. The predicted molar refractivity (Wildman–Crippen MR) is 60.1 cm³/mol. The number of hydrogen-bond acceptors (Lipinski definition) is 2. The number of Topliss-reactive ketones (excluding diaryl/α,β-unsaturated/α-hetero) is 1. The van der Waals surface area contributed by atoms with Crippen LogP contribution in [0.3, 0.4) is 0 Å². The van der Waals surface area contributed by atoms with Crippen LogP contribution in [0.15, 0.2) is 18.2 Å². The molecule has 0 N–H and O–H groups in total. The van der Waals surface area contributed by atoms with Crippen molar-refractivity contribution in [3.8, 4) is 6.07 Å². The van der Waals surface area contributed by atoms with Crippen LogP contribution in [0.4, 0.5) is 0 Å².